The number of ether oxygens (including phenoxy) is 1. The minimum Gasteiger partial charge on any atom is -0.489 e. The zero-order chi connectivity index (χ0) is 19.1. The summed E-state index contributed by atoms with van der Waals surface area (Å²) in [4.78, 5) is 0. The second-order valence-corrected chi connectivity index (χ2v) is 8.09. The predicted octanol–water partition coefficient (Wildman–Crippen LogP) is 7.63. The topological polar surface area (TPSA) is 21.3 Å². The van der Waals surface area contributed by atoms with Crippen LogP contribution in [0, 0.1) is 0 Å². The van der Waals surface area contributed by atoms with E-state index in [4.69, 9.17) is 39.5 Å². The Balaban J connectivity index is 0.00000280. The van der Waals surface area contributed by atoms with E-state index >= 15 is 0 Å². The van der Waals surface area contributed by atoms with Crippen LogP contribution in [0.4, 0.5) is 0 Å². The van der Waals surface area contributed by atoms with E-state index in [-0.39, 0.29) is 12.4 Å². The fourth-order valence-corrected chi connectivity index (χ4v) is 3.88. The van der Waals surface area contributed by atoms with Crippen LogP contribution in [0.2, 0.25) is 15.1 Å². The van der Waals surface area contributed by atoms with E-state index in [1.54, 1.807) is 11.6 Å². The molecule has 6 heteroatoms. The van der Waals surface area contributed by atoms with Crippen LogP contribution in [-0.2, 0) is 13.2 Å². The summed E-state index contributed by atoms with van der Waals surface area (Å²) in [5, 5.41) is 5.44. The molecule has 0 aliphatic heterocycles. The largest absolute Gasteiger partial charge is 0.489 e. The molecule has 2 aromatic rings. The molecule has 0 aromatic heterocycles. The molecule has 0 bridgehead atoms. The summed E-state index contributed by atoms with van der Waals surface area (Å²) < 4.78 is 6.01. The monoisotopic (exact) mass is 459 g/mol. The maximum Gasteiger partial charge on any atom is 0.124 e. The summed E-state index contributed by atoms with van der Waals surface area (Å²) in [6.45, 7) is 2.07. The van der Waals surface area contributed by atoms with Gasteiger partial charge in [-0.15, -0.1) is 12.4 Å². The summed E-state index contributed by atoms with van der Waals surface area (Å²) in [5.74, 6) is 0.815. The highest BCUT2D eigenvalue weighted by Gasteiger charge is 2.08. The van der Waals surface area contributed by atoms with Crippen LogP contribution in [0.5, 0.6) is 5.75 Å². The van der Waals surface area contributed by atoms with Crippen LogP contribution in [-0.4, -0.2) is 6.54 Å². The van der Waals surface area contributed by atoms with E-state index in [0.29, 0.717) is 21.7 Å². The first-order chi connectivity index (χ1) is 13.1. The van der Waals surface area contributed by atoms with Gasteiger partial charge in [-0.05, 0) is 69.0 Å². The molecule has 152 valence electrons. The lowest BCUT2D eigenvalue weighted by molar-refractivity contribution is 0.302. The maximum absolute atomic E-state index is 6.23. The van der Waals surface area contributed by atoms with Crippen molar-refractivity contribution in [2.24, 2.45) is 0 Å². The van der Waals surface area contributed by atoms with E-state index in [2.05, 4.69) is 11.4 Å². The van der Waals surface area contributed by atoms with Gasteiger partial charge in [0.1, 0.15) is 12.4 Å². The second kappa shape index (κ2) is 11.9. The highest BCUT2D eigenvalue weighted by Crippen LogP contribution is 2.26. The molecule has 3 rings (SSSR count). The predicted molar refractivity (Wildman–Crippen MR) is 122 cm³/mol. The molecule has 0 heterocycles. The Labute approximate surface area is 188 Å². The Morgan fingerprint density at radius 2 is 1.71 bits per heavy atom. The third kappa shape index (κ3) is 7.17. The molecule has 0 spiro atoms. The van der Waals surface area contributed by atoms with E-state index in [9.17, 15) is 0 Å². The van der Waals surface area contributed by atoms with Crippen LogP contribution in [0.1, 0.15) is 43.2 Å². The molecular weight excluding hydrogens is 436 g/mol. The summed E-state index contributed by atoms with van der Waals surface area (Å²) in [6.07, 6.45) is 8.64. The van der Waals surface area contributed by atoms with Gasteiger partial charge in [0.15, 0.2) is 0 Å². The van der Waals surface area contributed by atoms with Crippen molar-refractivity contribution in [3.63, 3.8) is 0 Å². The van der Waals surface area contributed by atoms with Crippen LogP contribution >= 0.6 is 47.2 Å². The van der Waals surface area contributed by atoms with E-state index in [0.717, 1.165) is 36.4 Å². The lowest BCUT2D eigenvalue weighted by atomic mass is 9.97. The zero-order valence-electron chi connectivity index (χ0n) is 15.6. The molecule has 0 radical (unpaired) electrons. The van der Waals surface area contributed by atoms with Gasteiger partial charge in [-0.25, -0.2) is 0 Å². The lowest BCUT2D eigenvalue weighted by Gasteiger charge is -2.15. The smallest absolute Gasteiger partial charge is 0.124 e. The Morgan fingerprint density at radius 1 is 0.929 bits per heavy atom. The van der Waals surface area contributed by atoms with Gasteiger partial charge in [0, 0.05) is 32.7 Å². The summed E-state index contributed by atoms with van der Waals surface area (Å²) in [5.41, 5.74) is 3.53. The van der Waals surface area contributed by atoms with Crippen molar-refractivity contribution >= 4 is 47.2 Å². The molecule has 2 aromatic carbocycles. The van der Waals surface area contributed by atoms with E-state index in [1.807, 2.05) is 30.3 Å². The van der Waals surface area contributed by atoms with E-state index in [1.165, 1.54) is 25.7 Å². The average Bonchev–Trinajstić information content (AvgIpc) is 2.66. The van der Waals surface area contributed by atoms with Crippen molar-refractivity contribution in [3.05, 3.63) is 74.2 Å². The number of halogens is 4. The van der Waals surface area contributed by atoms with Crippen molar-refractivity contribution in [3.8, 4) is 5.75 Å². The third-order valence-electron chi connectivity index (χ3n) is 4.74. The lowest BCUT2D eigenvalue weighted by Crippen LogP contribution is -2.16. The molecular formula is C22H25Cl4NO. The minimum atomic E-state index is 0. The van der Waals surface area contributed by atoms with Crippen molar-refractivity contribution < 1.29 is 4.74 Å². The van der Waals surface area contributed by atoms with Crippen molar-refractivity contribution in [2.75, 3.05) is 6.54 Å². The van der Waals surface area contributed by atoms with Gasteiger partial charge in [-0.2, -0.15) is 0 Å². The summed E-state index contributed by atoms with van der Waals surface area (Å²) in [7, 11) is 0. The van der Waals surface area contributed by atoms with Gasteiger partial charge in [0.2, 0.25) is 0 Å². The van der Waals surface area contributed by atoms with Crippen LogP contribution in [0.15, 0.2) is 48.0 Å². The fourth-order valence-electron chi connectivity index (χ4n) is 3.22. The third-order valence-corrected chi connectivity index (χ3v) is 5.57. The standard InChI is InChI=1S/C22H24Cl3NO.ClH/c23-19-8-9-22(27-15-17-6-7-20(24)13-21(17)25)18(12-19)14-26-11-10-16-4-2-1-3-5-16;/h4,6-9,12-13,26H,1-3,5,10-11,14-15H2;1H. The van der Waals surface area contributed by atoms with Crippen molar-refractivity contribution in [1.29, 1.82) is 0 Å². The summed E-state index contributed by atoms with van der Waals surface area (Å²) in [6, 6.07) is 11.1. The molecule has 1 N–H and O–H groups in total. The Hall–Kier alpha value is -0.900. The molecule has 0 saturated carbocycles. The van der Waals surface area contributed by atoms with Crippen LogP contribution in [0.25, 0.3) is 0 Å². The Kier molecular flexibility index (Phi) is 9.98. The molecule has 28 heavy (non-hydrogen) atoms. The van der Waals surface area contributed by atoms with Crippen LogP contribution < -0.4 is 10.1 Å². The molecule has 0 fully saturated rings. The first-order valence-electron chi connectivity index (χ1n) is 9.35. The maximum atomic E-state index is 6.23. The average molecular weight is 461 g/mol. The number of nitrogens with one attached hydrogen (secondary N) is 1. The Morgan fingerprint density at radius 3 is 2.46 bits per heavy atom. The second-order valence-electron chi connectivity index (χ2n) is 6.81. The highest BCUT2D eigenvalue weighted by molar-refractivity contribution is 6.35. The number of hydrogen-bond acceptors (Lipinski definition) is 2. The summed E-state index contributed by atoms with van der Waals surface area (Å²) >= 11 is 18.4. The van der Waals surface area contributed by atoms with E-state index < -0.39 is 0 Å². The minimum absolute atomic E-state index is 0. The van der Waals surface area contributed by atoms with Crippen molar-refractivity contribution in [1.82, 2.24) is 5.32 Å². The highest BCUT2D eigenvalue weighted by atomic mass is 35.5. The zero-order valence-corrected chi connectivity index (χ0v) is 18.7. The molecule has 0 saturated heterocycles. The molecule has 0 amide bonds. The number of benzene rings is 2. The fraction of sp³-hybridized carbons (Fsp3) is 0.364. The number of allylic oxidation sites excluding steroid dienone is 1. The number of rotatable bonds is 8. The molecule has 0 atom stereocenters. The number of hydrogen-bond donors (Lipinski definition) is 1. The van der Waals surface area contributed by atoms with Crippen LogP contribution in [0.3, 0.4) is 0 Å². The first kappa shape index (κ1) is 23.4. The quantitative estimate of drug-likeness (QED) is 0.323. The SMILES string of the molecule is Cl.Clc1ccc(COc2ccc(Cl)cc2CNCCC2=CCCCC2)c(Cl)c1. The normalized spacial score (nSPS) is 13.6. The van der Waals surface area contributed by atoms with Gasteiger partial charge in [0.05, 0.1) is 0 Å². The molecule has 2 nitrogen and oxygen atoms in total. The van der Waals surface area contributed by atoms with Gasteiger partial charge < -0.3 is 10.1 Å². The first-order valence-corrected chi connectivity index (χ1v) is 10.5. The molecule has 1 aliphatic carbocycles. The van der Waals surface area contributed by atoms with Crippen molar-refractivity contribution in [2.45, 2.75) is 45.3 Å². The van der Waals surface area contributed by atoms with Gasteiger partial charge >= 0.3 is 0 Å². The molecule has 1 aliphatic rings. The van der Waals surface area contributed by atoms with Gasteiger partial charge in [-0.3, -0.25) is 0 Å². The Bertz CT molecular complexity index is 807. The molecule has 0 unspecified atom stereocenters. The van der Waals surface area contributed by atoms with Gasteiger partial charge in [-0.1, -0.05) is 52.5 Å². The van der Waals surface area contributed by atoms with Gasteiger partial charge in [0.25, 0.3) is 0 Å².